The van der Waals surface area contributed by atoms with Gasteiger partial charge in [0, 0.05) is 13.1 Å². The Hall–Kier alpha value is -2.78. The summed E-state index contributed by atoms with van der Waals surface area (Å²) in [5.41, 5.74) is 8.32. The monoisotopic (exact) mass is 416 g/mol. The summed E-state index contributed by atoms with van der Waals surface area (Å²) in [7, 11) is 1.67. The van der Waals surface area contributed by atoms with Gasteiger partial charge in [0.1, 0.15) is 17.2 Å². The van der Waals surface area contributed by atoms with Crippen LogP contribution in [0.3, 0.4) is 0 Å². The summed E-state index contributed by atoms with van der Waals surface area (Å²) >= 11 is 7.38. The quantitative estimate of drug-likeness (QED) is 0.540. The topological polar surface area (TPSA) is 89.4 Å². The number of nitrogens with two attached hydrogens (primary N) is 1. The average molecular weight is 417 g/mol. The Kier molecular flexibility index (Phi) is 3.78. The van der Waals surface area contributed by atoms with E-state index in [9.17, 15) is 9.18 Å². The van der Waals surface area contributed by atoms with Gasteiger partial charge in [0.2, 0.25) is 0 Å². The Bertz CT molecular complexity index is 1270. The maximum atomic E-state index is 14.8. The van der Waals surface area contributed by atoms with Crippen LogP contribution in [0.2, 0.25) is 4.47 Å². The number of nitrogen functional groups attached to an aromatic ring is 1. The Morgan fingerprint density at radius 2 is 2.21 bits per heavy atom. The molecule has 4 aromatic rings. The molecule has 28 heavy (non-hydrogen) atoms. The highest BCUT2D eigenvalue weighted by Crippen LogP contribution is 2.41. The van der Waals surface area contributed by atoms with E-state index in [4.69, 9.17) is 17.3 Å². The van der Waals surface area contributed by atoms with Crippen molar-refractivity contribution in [2.45, 2.75) is 18.9 Å². The van der Waals surface area contributed by atoms with E-state index in [1.54, 1.807) is 28.9 Å². The standard InChI is InChI=1S/C18H14ClFN6OS/c1-25(12-3-2-10-15(12)28-18(19)24-10)17(27)8-4-13-11(5-9(8)20)23-16(21)14-6-22-7-26(13)14/h4-7,12H,2-3H2,1H3,(H2,21,23). The van der Waals surface area contributed by atoms with E-state index in [0.717, 1.165) is 23.4 Å². The maximum absolute atomic E-state index is 14.8. The molecule has 0 saturated carbocycles. The number of hydrogen-bond donors (Lipinski definition) is 1. The van der Waals surface area contributed by atoms with Gasteiger partial charge in [-0.25, -0.2) is 19.3 Å². The van der Waals surface area contributed by atoms with Crippen LogP contribution in [0.25, 0.3) is 16.6 Å². The van der Waals surface area contributed by atoms with Crippen LogP contribution in [0.4, 0.5) is 10.2 Å². The number of fused-ring (bicyclic) bond motifs is 4. The van der Waals surface area contributed by atoms with E-state index in [0.29, 0.717) is 21.0 Å². The number of thiazole rings is 1. The molecule has 142 valence electrons. The SMILES string of the molecule is CN(C(=O)c1cc2c(cc1F)nc(N)c1cncn12)C1CCc2nc(Cl)sc21. The van der Waals surface area contributed by atoms with Gasteiger partial charge < -0.3 is 10.6 Å². The minimum Gasteiger partial charge on any atom is -0.382 e. The van der Waals surface area contributed by atoms with Crippen LogP contribution < -0.4 is 5.73 Å². The van der Waals surface area contributed by atoms with E-state index in [-0.39, 0.29) is 17.4 Å². The van der Waals surface area contributed by atoms with Crippen LogP contribution in [-0.2, 0) is 6.42 Å². The number of rotatable bonds is 2. The van der Waals surface area contributed by atoms with Gasteiger partial charge in [-0.3, -0.25) is 9.20 Å². The predicted molar refractivity (Wildman–Crippen MR) is 105 cm³/mol. The van der Waals surface area contributed by atoms with Crippen LogP contribution >= 0.6 is 22.9 Å². The Morgan fingerprint density at radius 3 is 3.04 bits per heavy atom. The van der Waals surface area contributed by atoms with E-state index in [2.05, 4.69) is 15.0 Å². The number of aromatic nitrogens is 4. The Balaban J connectivity index is 1.59. The lowest BCUT2D eigenvalue weighted by atomic mass is 10.1. The lowest BCUT2D eigenvalue weighted by Gasteiger charge is -2.24. The number of halogens is 2. The molecule has 1 aliphatic rings. The van der Waals surface area contributed by atoms with Gasteiger partial charge in [-0.05, 0) is 18.9 Å². The highest BCUT2D eigenvalue weighted by molar-refractivity contribution is 7.16. The second-order valence-corrected chi connectivity index (χ2v) is 8.33. The summed E-state index contributed by atoms with van der Waals surface area (Å²) in [6.07, 6.45) is 4.63. The molecule has 1 aromatic carbocycles. The van der Waals surface area contributed by atoms with Gasteiger partial charge in [-0.2, -0.15) is 0 Å². The van der Waals surface area contributed by atoms with Crippen LogP contribution in [0, 0.1) is 5.82 Å². The third kappa shape index (κ3) is 2.46. The molecule has 0 saturated heterocycles. The number of hydrogen-bond acceptors (Lipinski definition) is 6. The molecule has 1 aliphatic carbocycles. The summed E-state index contributed by atoms with van der Waals surface area (Å²) in [5.74, 6) is -0.802. The summed E-state index contributed by atoms with van der Waals surface area (Å²) in [4.78, 5) is 28.2. The van der Waals surface area contributed by atoms with Crippen molar-refractivity contribution < 1.29 is 9.18 Å². The minimum absolute atomic E-state index is 0.0272. The molecule has 0 spiro atoms. The van der Waals surface area contributed by atoms with Gasteiger partial charge in [0.25, 0.3) is 5.91 Å². The first-order valence-electron chi connectivity index (χ1n) is 8.57. The van der Waals surface area contributed by atoms with E-state index in [1.807, 2.05) is 0 Å². The average Bonchev–Trinajstić information content (AvgIpc) is 3.36. The van der Waals surface area contributed by atoms with Gasteiger partial charge in [0.05, 0.1) is 45.7 Å². The zero-order chi connectivity index (χ0) is 19.6. The number of aryl methyl sites for hydroxylation is 1. The van der Waals surface area contributed by atoms with Crippen LogP contribution in [0.15, 0.2) is 24.7 Å². The summed E-state index contributed by atoms with van der Waals surface area (Å²) < 4.78 is 16.9. The Morgan fingerprint density at radius 1 is 1.39 bits per heavy atom. The van der Waals surface area contributed by atoms with E-state index in [1.165, 1.54) is 23.5 Å². The first-order valence-corrected chi connectivity index (χ1v) is 9.76. The van der Waals surface area contributed by atoms with Crippen LogP contribution in [0.1, 0.15) is 33.4 Å². The molecule has 5 rings (SSSR count). The molecule has 2 N–H and O–H groups in total. The lowest BCUT2D eigenvalue weighted by Crippen LogP contribution is -2.30. The molecular formula is C18H14ClFN6OS. The van der Waals surface area contributed by atoms with E-state index < -0.39 is 11.7 Å². The number of carbonyl (C=O) groups excluding carboxylic acids is 1. The zero-order valence-electron chi connectivity index (χ0n) is 14.7. The molecule has 10 heteroatoms. The normalized spacial score (nSPS) is 16.0. The summed E-state index contributed by atoms with van der Waals surface area (Å²) in [6.45, 7) is 0. The fourth-order valence-electron chi connectivity index (χ4n) is 3.74. The van der Waals surface area contributed by atoms with Crippen molar-refractivity contribution in [2.24, 2.45) is 0 Å². The molecule has 1 unspecified atom stereocenters. The molecule has 0 radical (unpaired) electrons. The number of benzene rings is 1. The molecule has 0 bridgehead atoms. The second-order valence-electron chi connectivity index (χ2n) is 6.71. The third-order valence-electron chi connectivity index (χ3n) is 5.14. The maximum Gasteiger partial charge on any atom is 0.257 e. The van der Waals surface area contributed by atoms with Gasteiger partial charge in [-0.15, -0.1) is 11.3 Å². The molecular weight excluding hydrogens is 403 g/mol. The fraction of sp³-hybridized carbons (Fsp3) is 0.222. The largest absolute Gasteiger partial charge is 0.382 e. The second kappa shape index (κ2) is 6.11. The van der Waals surface area contributed by atoms with Crippen molar-refractivity contribution in [1.82, 2.24) is 24.3 Å². The smallest absolute Gasteiger partial charge is 0.257 e. The lowest BCUT2D eigenvalue weighted by molar-refractivity contribution is 0.0728. The van der Waals surface area contributed by atoms with Crippen molar-refractivity contribution in [2.75, 3.05) is 12.8 Å². The zero-order valence-corrected chi connectivity index (χ0v) is 16.3. The fourth-order valence-corrected chi connectivity index (χ4v) is 5.11. The van der Waals surface area contributed by atoms with Crippen LogP contribution in [-0.4, -0.2) is 37.2 Å². The van der Waals surface area contributed by atoms with Crippen molar-refractivity contribution in [3.05, 3.63) is 51.1 Å². The Labute approximate surface area is 167 Å². The van der Waals surface area contributed by atoms with E-state index >= 15 is 0 Å². The van der Waals surface area contributed by atoms with Crippen molar-refractivity contribution in [3.63, 3.8) is 0 Å². The minimum atomic E-state index is -0.642. The highest BCUT2D eigenvalue weighted by atomic mass is 35.5. The molecule has 1 atom stereocenters. The molecule has 0 fully saturated rings. The number of amides is 1. The number of anilines is 1. The number of carbonyl (C=O) groups is 1. The first-order chi connectivity index (χ1) is 13.4. The molecule has 7 nitrogen and oxygen atoms in total. The van der Waals surface area contributed by atoms with Crippen LogP contribution in [0.5, 0.6) is 0 Å². The number of imidazole rings is 1. The molecule has 3 aromatic heterocycles. The predicted octanol–water partition coefficient (Wildman–Crippen LogP) is 3.47. The van der Waals surface area contributed by atoms with Crippen molar-refractivity contribution >= 4 is 51.2 Å². The molecule has 0 aliphatic heterocycles. The van der Waals surface area contributed by atoms with Gasteiger partial charge in [-0.1, -0.05) is 11.6 Å². The van der Waals surface area contributed by atoms with Gasteiger partial charge >= 0.3 is 0 Å². The third-order valence-corrected chi connectivity index (χ3v) is 6.45. The van der Waals surface area contributed by atoms with Crippen molar-refractivity contribution in [3.8, 4) is 0 Å². The first kappa shape index (κ1) is 17.3. The molecule has 3 heterocycles. The number of nitrogens with zero attached hydrogens (tertiary/aromatic N) is 5. The highest BCUT2D eigenvalue weighted by Gasteiger charge is 2.33. The van der Waals surface area contributed by atoms with Gasteiger partial charge in [0.15, 0.2) is 4.47 Å². The summed E-state index contributed by atoms with van der Waals surface area (Å²) in [6, 6.07) is 2.57. The molecule has 1 amide bonds. The van der Waals surface area contributed by atoms with Crippen molar-refractivity contribution in [1.29, 1.82) is 0 Å². The summed E-state index contributed by atoms with van der Waals surface area (Å²) in [5, 5.41) is 0.